The first-order valence-electron chi connectivity index (χ1n) is 9.01. The van der Waals surface area contributed by atoms with E-state index in [0.717, 1.165) is 51.4 Å². The van der Waals surface area contributed by atoms with Gasteiger partial charge in [0.25, 0.3) is 0 Å². The van der Waals surface area contributed by atoms with E-state index < -0.39 is 10.0 Å². The molecule has 24 heavy (non-hydrogen) atoms. The number of nitrogens with zero attached hydrogens (tertiary/aromatic N) is 2. The van der Waals surface area contributed by atoms with Crippen molar-refractivity contribution >= 4 is 16.0 Å². The SMILES string of the molecule is CCCCOCCCN=C(NCC)NCCCN(C)S(=O)(=O)CC. The van der Waals surface area contributed by atoms with E-state index in [9.17, 15) is 8.42 Å². The number of nitrogens with one attached hydrogen (secondary N) is 2. The van der Waals surface area contributed by atoms with Crippen LogP contribution >= 0.6 is 0 Å². The van der Waals surface area contributed by atoms with Gasteiger partial charge in [-0.05, 0) is 33.1 Å². The number of rotatable bonds is 14. The number of hydrogen-bond acceptors (Lipinski definition) is 4. The van der Waals surface area contributed by atoms with Gasteiger partial charge in [-0.2, -0.15) is 0 Å². The second-order valence-corrected chi connectivity index (χ2v) is 7.95. The Balaban J connectivity index is 3.96. The molecule has 0 atom stereocenters. The number of sulfonamides is 1. The fraction of sp³-hybridized carbons (Fsp3) is 0.938. The molecule has 0 saturated heterocycles. The van der Waals surface area contributed by atoms with Gasteiger partial charge in [-0.1, -0.05) is 13.3 Å². The summed E-state index contributed by atoms with van der Waals surface area (Å²) in [6.07, 6.45) is 3.90. The Labute approximate surface area is 148 Å². The summed E-state index contributed by atoms with van der Waals surface area (Å²) in [6.45, 7) is 10.1. The van der Waals surface area contributed by atoms with E-state index in [1.54, 1.807) is 14.0 Å². The zero-order valence-electron chi connectivity index (χ0n) is 15.8. The average Bonchev–Trinajstić information content (AvgIpc) is 2.57. The second-order valence-electron chi connectivity index (χ2n) is 5.58. The predicted molar refractivity (Wildman–Crippen MR) is 101 cm³/mol. The van der Waals surface area contributed by atoms with Crippen LogP contribution in [0.4, 0.5) is 0 Å². The molecular weight excluding hydrogens is 328 g/mol. The lowest BCUT2D eigenvalue weighted by atomic mass is 10.4. The maximum absolute atomic E-state index is 11.7. The Morgan fingerprint density at radius 2 is 1.79 bits per heavy atom. The predicted octanol–water partition coefficient (Wildman–Crippen LogP) is 1.42. The molecule has 0 aromatic carbocycles. The first kappa shape index (κ1) is 23.1. The maximum atomic E-state index is 11.7. The molecule has 0 bridgehead atoms. The lowest BCUT2D eigenvalue weighted by Gasteiger charge is -2.16. The minimum atomic E-state index is -3.09. The highest BCUT2D eigenvalue weighted by atomic mass is 32.2. The molecular formula is C16H36N4O3S. The minimum absolute atomic E-state index is 0.140. The van der Waals surface area contributed by atoms with Gasteiger partial charge in [0.2, 0.25) is 10.0 Å². The Bertz CT molecular complexity index is 427. The Kier molecular flexibility index (Phi) is 14.0. The van der Waals surface area contributed by atoms with Crippen LogP contribution in [0.15, 0.2) is 4.99 Å². The molecule has 0 aliphatic carbocycles. The van der Waals surface area contributed by atoms with E-state index in [-0.39, 0.29) is 5.75 Å². The average molecular weight is 365 g/mol. The third kappa shape index (κ3) is 11.6. The van der Waals surface area contributed by atoms with Crippen LogP contribution in [0.1, 0.15) is 46.5 Å². The molecule has 0 radical (unpaired) electrons. The Hall–Kier alpha value is -0.860. The van der Waals surface area contributed by atoms with Gasteiger partial charge in [0, 0.05) is 46.4 Å². The molecule has 7 nitrogen and oxygen atoms in total. The van der Waals surface area contributed by atoms with Crippen molar-refractivity contribution < 1.29 is 13.2 Å². The molecule has 8 heteroatoms. The van der Waals surface area contributed by atoms with Crippen LogP contribution < -0.4 is 10.6 Å². The molecule has 0 unspecified atom stereocenters. The monoisotopic (exact) mass is 364 g/mol. The number of hydrogen-bond donors (Lipinski definition) is 2. The molecule has 0 spiro atoms. The van der Waals surface area contributed by atoms with Crippen LogP contribution in [0.3, 0.4) is 0 Å². The minimum Gasteiger partial charge on any atom is -0.381 e. The molecule has 2 N–H and O–H groups in total. The van der Waals surface area contributed by atoms with Crippen LogP contribution in [-0.2, 0) is 14.8 Å². The molecule has 0 amide bonds. The number of aliphatic imine (C=N–C) groups is 1. The fourth-order valence-corrected chi connectivity index (χ4v) is 2.76. The fourth-order valence-electron chi connectivity index (χ4n) is 1.92. The number of unbranched alkanes of at least 4 members (excludes halogenated alkanes) is 1. The molecule has 0 saturated carbocycles. The standard InChI is InChI=1S/C16H36N4O3S/c1-5-8-14-23-15-10-12-19-16(17-6-2)18-11-9-13-20(4)24(21,22)7-3/h5-15H2,1-4H3,(H2,17,18,19). The summed E-state index contributed by atoms with van der Waals surface area (Å²) in [4.78, 5) is 4.50. The molecule has 0 rings (SSSR count). The van der Waals surface area contributed by atoms with Crippen molar-refractivity contribution in [2.24, 2.45) is 4.99 Å². The van der Waals surface area contributed by atoms with E-state index in [1.807, 2.05) is 6.92 Å². The third-order valence-electron chi connectivity index (χ3n) is 3.49. The van der Waals surface area contributed by atoms with Crippen molar-refractivity contribution in [2.45, 2.75) is 46.5 Å². The van der Waals surface area contributed by atoms with Crippen molar-refractivity contribution in [1.82, 2.24) is 14.9 Å². The van der Waals surface area contributed by atoms with Crippen molar-refractivity contribution in [1.29, 1.82) is 0 Å². The largest absolute Gasteiger partial charge is 0.381 e. The first-order chi connectivity index (χ1) is 11.5. The van der Waals surface area contributed by atoms with E-state index in [2.05, 4.69) is 22.5 Å². The van der Waals surface area contributed by atoms with Gasteiger partial charge >= 0.3 is 0 Å². The van der Waals surface area contributed by atoms with Gasteiger partial charge in [-0.25, -0.2) is 12.7 Å². The van der Waals surface area contributed by atoms with Gasteiger partial charge in [-0.15, -0.1) is 0 Å². The second kappa shape index (κ2) is 14.5. The lowest BCUT2D eigenvalue weighted by molar-refractivity contribution is 0.130. The van der Waals surface area contributed by atoms with E-state index >= 15 is 0 Å². The Morgan fingerprint density at radius 3 is 2.42 bits per heavy atom. The van der Waals surface area contributed by atoms with Gasteiger partial charge in [0.15, 0.2) is 5.96 Å². The van der Waals surface area contributed by atoms with Crippen LogP contribution in [0.25, 0.3) is 0 Å². The van der Waals surface area contributed by atoms with Gasteiger partial charge in [0.05, 0.1) is 5.75 Å². The van der Waals surface area contributed by atoms with Crippen LogP contribution in [0, 0.1) is 0 Å². The molecule has 144 valence electrons. The summed E-state index contributed by atoms with van der Waals surface area (Å²) in [5.41, 5.74) is 0. The zero-order chi connectivity index (χ0) is 18.3. The van der Waals surface area contributed by atoms with Gasteiger partial charge < -0.3 is 15.4 Å². The van der Waals surface area contributed by atoms with Crippen molar-refractivity contribution in [2.75, 3.05) is 52.2 Å². The van der Waals surface area contributed by atoms with Crippen LogP contribution in [0.2, 0.25) is 0 Å². The first-order valence-corrected chi connectivity index (χ1v) is 10.6. The molecule has 0 aromatic heterocycles. The number of guanidine groups is 1. The summed E-state index contributed by atoms with van der Waals surface area (Å²) in [5, 5.41) is 6.42. The normalized spacial score (nSPS) is 12.6. The van der Waals surface area contributed by atoms with Crippen molar-refractivity contribution in [3.63, 3.8) is 0 Å². The highest BCUT2D eigenvalue weighted by Crippen LogP contribution is 1.98. The lowest BCUT2D eigenvalue weighted by Crippen LogP contribution is -2.39. The maximum Gasteiger partial charge on any atom is 0.213 e. The zero-order valence-corrected chi connectivity index (χ0v) is 16.6. The molecule has 0 aliphatic rings. The molecule has 0 heterocycles. The molecule has 0 aromatic rings. The van der Waals surface area contributed by atoms with Crippen LogP contribution in [0.5, 0.6) is 0 Å². The highest BCUT2D eigenvalue weighted by molar-refractivity contribution is 7.89. The number of ether oxygens (including phenoxy) is 1. The van der Waals surface area contributed by atoms with E-state index in [0.29, 0.717) is 19.6 Å². The Morgan fingerprint density at radius 1 is 1.08 bits per heavy atom. The van der Waals surface area contributed by atoms with Gasteiger partial charge in [-0.3, -0.25) is 4.99 Å². The highest BCUT2D eigenvalue weighted by Gasteiger charge is 2.13. The summed E-state index contributed by atoms with van der Waals surface area (Å²) < 4.78 is 30.2. The third-order valence-corrected chi connectivity index (χ3v) is 5.35. The van der Waals surface area contributed by atoms with Crippen molar-refractivity contribution in [3.05, 3.63) is 0 Å². The molecule has 0 fully saturated rings. The molecule has 0 aliphatic heterocycles. The topological polar surface area (TPSA) is 83.0 Å². The van der Waals surface area contributed by atoms with Crippen molar-refractivity contribution in [3.8, 4) is 0 Å². The summed E-state index contributed by atoms with van der Waals surface area (Å²) in [6, 6.07) is 0. The summed E-state index contributed by atoms with van der Waals surface area (Å²) in [7, 11) is -1.47. The van der Waals surface area contributed by atoms with Gasteiger partial charge in [0.1, 0.15) is 0 Å². The summed E-state index contributed by atoms with van der Waals surface area (Å²) in [5.74, 6) is 0.911. The smallest absolute Gasteiger partial charge is 0.213 e. The quantitative estimate of drug-likeness (QED) is 0.277. The van der Waals surface area contributed by atoms with E-state index in [4.69, 9.17) is 4.74 Å². The van der Waals surface area contributed by atoms with E-state index in [1.165, 1.54) is 4.31 Å². The van der Waals surface area contributed by atoms with Crippen LogP contribution in [-0.4, -0.2) is 70.9 Å². The summed E-state index contributed by atoms with van der Waals surface area (Å²) >= 11 is 0.